The summed E-state index contributed by atoms with van der Waals surface area (Å²) in [5, 5.41) is 0.166. The minimum absolute atomic E-state index is 0.155. The summed E-state index contributed by atoms with van der Waals surface area (Å²) in [6.45, 7) is 6.94. The van der Waals surface area contributed by atoms with Crippen LogP contribution in [0.4, 0.5) is 5.69 Å². The molecule has 6 nitrogen and oxygen atoms in total. The van der Waals surface area contributed by atoms with Crippen LogP contribution in [0.2, 0.25) is 0 Å². The average molecular weight is 363 g/mol. The Morgan fingerprint density at radius 3 is 2.68 bits per heavy atom. The number of nitrogens with zero attached hydrogens (tertiary/aromatic N) is 2. The number of hydrogen-bond acceptors (Lipinski definition) is 4. The molecule has 2 heterocycles. The summed E-state index contributed by atoms with van der Waals surface area (Å²) < 4.78 is 5.28. The molecule has 132 valence electrons. The zero-order valence-corrected chi connectivity index (χ0v) is 14.9. The summed E-state index contributed by atoms with van der Waals surface area (Å²) >= 11 is 5.71. The smallest absolute Gasteiger partial charge is 0.354 e. The van der Waals surface area contributed by atoms with E-state index in [2.05, 4.69) is 6.58 Å². The summed E-state index contributed by atoms with van der Waals surface area (Å²) in [7, 11) is 0. The predicted octanol–water partition coefficient (Wildman–Crippen LogP) is 2.67. The highest BCUT2D eigenvalue weighted by atomic mass is 35.5. The molecular formula is C18H19ClN2O4. The third-order valence-electron chi connectivity index (χ3n) is 4.50. The maximum absolute atomic E-state index is 13.1. The number of para-hydroxylation sites is 1. The van der Waals surface area contributed by atoms with Crippen LogP contribution in [0.3, 0.4) is 0 Å². The lowest BCUT2D eigenvalue weighted by atomic mass is 9.95. The third kappa shape index (κ3) is 2.52. The van der Waals surface area contributed by atoms with Crippen LogP contribution in [0.15, 0.2) is 35.9 Å². The van der Waals surface area contributed by atoms with Crippen molar-refractivity contribution in [2.75, 3.05) is 11.5 Å². The van der Waals surface area contributed by atoms with Gasteiger partial charge in [-0.05, 0) is 26.0 Å². The lowest BCUT2D eigenvalue weighted by Gasteiger charge is -2.50. The first-order valence-corrected chi connectivity index (χ1v) is 8.44. The number of anilines is 1. The Morgan fingerprint density at radius 1 is 1.36 bits per heavy atom. The number of carbonyl (C=O) groups is 3. The van der Waals surface area contributed by atoms with Crippen molar-refractivity contribution in [3.63, 3.8) is 0 Å². The van der Waals surface area contributed by atoms with Crippen molar-refractivity contribution in [1.29, 1.82) is 0 Å². The fourth-order valence-electron chi connectivity index (χ4n) is 3.63. The molecule has 1 aromatic rings. The standard InChI is InChI=1S/C18H19ClN2O4/c1-11(2)20-16(23)13-6-4-5-7-14(13)21-15(22)8-9-18(20,21)17(24)25-10-12(3)19/h4-7,11H,3,8-10H2,1-2H3/t18-/m1/s1. The number of amides is 2. The lowest BCUT2D eigenvalue weighted by molar-refractivity contribution is -0.157. The number of carbonyl (C=O) groups excluding carboxylic acids is 3. The van der Waals surface area contributed by atoms with Gasteiger partial charge in [0.25, 0.3) is 5.91 Å². The monoisotopic (exact) mass is 362 g/mol. The van der Waals surface area contributed by atoms with Crippen molar-refractivity contribution >= 4 is 35.1 Å². The molecule has 1 saturated heterocycles. The van der Waals surface area contributed by atoms with Crippen molar-refractivity contribution in [2.45, 2.75) is 38.4 Å². The first kappa shape index (κ1) is 17.5. The predicted molar refractivity (Wildman–Crippen MR) is 93.2 cm³/mol. The van der Waals surface area contributed by atoms with E-state index in [9.17, 15) is 14.4 Å². The van der Waals surface area contributed by atoms with Gasteiger partial charge in [-0.3, -0.25) is 14.5 Å². The van der Waals surface area contributed by atoms with Gasteiger partial charge >= 0.3 is 5.97 Å². The summed E-state index contributed by atoms with van der Waals surface area (Å²) in [4.78, 5) is 41.6. The largest absolute Gasteiger partial charge is 0.457 e. The molecule has 3 rings (SSSR count). The molecule has 7 heteroatoms. The van der Waals surface area contributed by atoms with Gasteiger partial charge in [-0.15, -0.1) is 0 Å². The van der Waals surface area contributed by atoms with Gasteiger partial charge in [0.05, 0.1) is 11.3 Å². The first-order chi connectivity index (χ1) is 11.8. The molecule has 0 saturated carbocycles. The Hall–Kier alpha value is -2.34. The van der Waals surface area contributed by atoms with Gasteiger partial charge in [0.2, 0.25) is 11.6 Å². The van der Waals surface area contributed by atoms with E-state index in [0.29, 0.717) is 11.3 Å². The Balaban J connectivity index is 2.18. The van der Waals surface area contributed by atoms with E-state index in [1.165, 1.54) is 9.80 Å². The molecular weight excluding hydrogens is 344 g/mol. The van der Waals surface area contributed by atoms with Gasteiger partial charge in [0.15, 0.2) is 0 Å². The number of ether oxygens (including phenoxy) is 1. The number of fused-ring (bicyclic) bond motifs is 3. The minimum atomic E-state index is -1.48. The summed E-state index contributed by atoms with van der Waals surface area (Å²) in [6.07, 6.45) is 0.333. The van der Waals surface area contributed by atoms with Gasteiger partial charge < -0.3 is 9.64 Å². The van der Waals surface area contributed by atoms with Crippen molar-refractivity contribution in [1.82, 2.24) is 4.90 Å². The Morgan fingerprint density at radius 2 is 2.04 bits per heavy atom. The zero-order valence-electron chi connectivity index (χ0n) is 14.1. The van der Waals surface area contributed by atoms with E-state index < -0.39 is 11.6 Å². The van der Waals surface area contributed by atoms with Crippen LogP contribution < -0.4 is 4.90 Å². The molecule has 2 amide bonds. The van der Waals surface area contributed by atoms with Gasteiger partial charge in [-0.25, -0.2) is 4.79 Å². The van der Waals surface area contributed by atoms with Gasteiger partial charge in [-0.2, -0.15) is 0 Å². The molecule has 0 bridgehead atoms. The Bertz CT molecular complexity index is 776. The highest BCUT2D eigenvalue weighted by Gasteiger charge is 2.62. The highest BCUT2D eigenvalue weighted by Crippen LogP contribution is 2.45. The zero-order chi connectivity index (χ0) is 18.4. The molecule has 1 fully saturated rings. The van der Waals surface area contributed by atoms with Crippen molar-refractivity contribution in [2.24, 2.45) is 0 Å². The number of hydrogen-bond donors (Lipinski definition) is 0. The van der Waals surface area contributed by atoms with Crippen LogP contribution >= 0.6 is 11.6 Å². The molecule has 0 aliphatic carbocycles. The van der Waals surface area contributed by atoms with Gasteiger partial charge in [-0.1, -0.05) is 30.3 Å². The van der Waals surface area contributed by atoms with Crippen LogP contribution in [-0.4, -0.2) is 41.0 Å². The van der Waals surface area contributed by atoms with E-state index in [4.69, 9.17) is 16.3 Å². The van der Waals surface area contributed by atoms with E-state index in [1.807, 2.05) is 13.8 Å². The molecule has 2 aliphatic rings. The molecule has 1 aromatic carbocycles. The number of esters is 1. The summed E-state index contributed by atoms with van der Waals surface area (Å²) in [5.74, 6) is -1.18. The fraction of sp³-hybridized carbons (Fsp3) is 0.389. The van der Waals surface area contributed by atoms with Crippen LogP contribution in [0.25, 0.3) is 0 Å². The molecule has 0 N–H and O–H groups in total. The third-order valence-corrected chi connectivity index (χ3v) is 4.61. The molecule has 0 unspecified atom stereocenters. The van der Waals surface area contributed by atoms with Crippen LogP contribution in [0.1, 0.15) is 37.0 Å². The average Bonchev–Trinajstić information content (AvgIpc) is 2.91. The van der Waals surface area contributed by atoms with E-state index in [0.717, 1.165) is 0 Å². The molecule has 1 atom stereocenters. The molecule has 25 heavy (non-hydrogen) atoms. The van der Waals surface area contributed by atoms with Crippen molar-refractivity contribution < 1.29 is 19.1 Å². The second-order valence-corrected chi connectivity index (χ2v) is 6.96. The first-order valence-electron chi connectivity index (χ1n) is 8.07. The van der Waals surface area contributed by atoms with Crippen molar-refractivity contribution in [3.8, 4) is 0 Å². The maximum atomic E-state index is 13.1. The minimum Gasteiger partial charge on any atom is -0.457 e. The second-order valence-electron chi connectivity index (χ2n) is 6.43. The topological polar surface area (TPSA) is 66.9 Å². The fourth-order valence-corrected chi connectivity index (χ4v) is 3.69. The van der Waals surface area contributed by atoms with Crippen LogP contribution in [-0.2, 0) is 14.3 Å². The maximum Gasteiger partial charge on any atom is 0.354 e. The van der Waals surface area contributed by atoms with E-state index in [1.54, 1.807) is 24.3 Å². The quantitative estimate of drug-likeness (QED) is 0.772. The summed E-state index contributed by atoms with van der Waals surface area (Å²) in [6, 6.07) is 6.50. The second kappa shape index (κ2) is 6.19. The van der Waals surface area contributed by atoms with E-state index in [-0.39, 0.29) is 42.3 Å². The molecule has 2 aliphatic heterocycles. The highest BCUT2D eigenvalue weighted by molar-refractivity contribution is 6.29. The normalized spacial score (nSPS) is 22.1. The summed E-state index contributed by atoms with van der Waals surface area (Å²) in [5.41, 5.74) is -0.645. The van der Waals surface area contributed by atoms with Crippen molar-refractivity contribution in [3.05, 3.63) is 41.4 Å². The van der Waals surface area contributed by atoms with Gasteiger partial charge in [0.1, 0.15) is 6.61 Å². The van der Waals surface area contributed by atoms with Crippen LogP contribution in [0.5, 0.6) is 0 Å². The Kier molecular flexibility index (Phi) is 4.33. The SMILES string of the molecule is C=C(Cl)COC(=O)[C@@]12CCC(=O)N1c1ccccc1C(=O)N2C(C)C. The number of benzene rings is 1. The van der Waals surface area contributed by atoms with Crippen LogP contribution in [0, 0.1) is 0 Å². The molecule has 0 spiro atoms. The Labute approximate surface area is 151 Å². The van der Waals surface area contributed by atoms with Gasteiger partial charge in [0, 0.05) is 23.9 Å². The van der Waals surface area contributed by atoms with E-state index >= 15 is 0 Å². The number of rotatable bonds is 4. The lowest BCUT2D eigenvalue weighted by Crippen LogP contribution is -2.70. The molecule has 0 aromatic heterocycles. The molecule has 0 radical (unpaired) electrons. The number of halogens is 1.